The van der Waals surface area contributed by atoms with E-state index in [1.165, 1.54) is 7.11 Å². The Kier molecular flexibility index (Phi) is 20.1. The van der Waals surface area contributed by atoms with Crippen LogP contribution in [0, 0.1) is 67.7 Å². The summed E-state index contributed by atoms with van der Waals surface area (Å²) in [6.45, 7) is 12.5. The molecule has 0 aromatic heterocycles. The van der Waals surface area contributed by atoms with Gasteiger partial charge in [-0.15, -0.1) is 0 Å². The fourth-order valence-corrected chi connectivity index (χ4v) is 4.30. The monoisotopic (exact) mass is 709 g/mol. The van der Waals surface area contributed by atoms with Gasteiger partial charge in [-0.3, -0.25) is 0 Å². The maximum atomic E-state index is 9.25. The molecule has 0 spiro atoms. The molecule has 9 nitrogen and oxygen atoms in total. The van der Waals surface area contributed by atoms with Crippen LogP contribution in [0.3, 0.4) is 0 Å². The maximum Gasteiger partial charge on any atom is 0.186 e. The van der Waals surface area contributed by atoms with Crippen molar-refractivity contribution < 1.29 is 88.2 Å². The topological polar surface area (TPSA) is 127 Å². The van der Waals surface area contributed by atoms with E-state index in [0.29, 0.717) is 29.8 Å². The summed E-state index contributed by atoms with van der Waals surface area (Å²) in [5.41, 5.74) is 0. The van der Waals surface area contributed by atoms with E-state index in [4.69, 9.17) is 34.3 Å². The summed E-state index contributed by atoms with van der Waals surface area (Å²) in [4.78, 5) is 0. The SMILES string of the molecule is C.CC[C@@H]1OC(OC)C(C)C1C.CC[C@@H]1O[C@H](O)C(C)C1C.COC1O[C@@H](CO)C(O)C1O.[Ac]. The van der Waals surface area contributed by atoms with Gasteiger partial charge < -0.3 is 44.1 Å². The Labute approximate surface area is 242 Å². The van der Waals surface area contributed by atoms with Crippen LogP contribution in [0.1, 0.15) is 61.8 Å². The molecular weight excluding hydrogens is 659 g/mol. The van der Waals surface area contributed by atoms with Gasteiger partial charge in [-0.1, -0.05) is 49.0 Å². The molecule has 0 aliphatic carbocycles. The van der Waals surface area contributed by atoms with Crippen molar-refractivity contribution in [3.8, 4) is 0 Å². The minimum atomic E-state index is -1.07. The number of aliphatic hydroxyl groups excluding tert-OH is 4. The minimum Gasteiger partial charge on any atom is -0.394 e. The molecular formula is C24H50AcO9. The average Bonchev–Trinajstić information content (AvgIpc) is 3.35. The van der Waals surface area contributed by atoms with Gasteiger partial charge in [0.15, 0.2) is 18.9 Å². The van der Waals surface area contributed by atoms with Crippen LogP contribution in [0.4, 0.5) is 0 Å². The molecule has 3 rings (SSSR count). The van der Waals surface area contributed by atoms with E-state index in [1.807, 2.05) is 6.92 Å². The van der Waals surface area contributed by atoms with Crippen molar-refractivity contribution in [1.82, 2.24) is 0 Å². The van der Waals surface area contributed by atoms with Crippen molar-refractivity contribution >= 4 is 0 Å². The smallest absolute Gasteiger partial charge is 0.186 e. The molecule has 3 aliphatic heterocycles. The summed E-state index contributed by atoms with van der Waals surface area (Å²) in [7, 11) is 3.08. The molecule has 3 saturated heterocycles. The van der Waals surface area contributed by atoms with Gasteiger partial charge in [0.25, 0.3) is 0 Å². The molecule has 3 fully saturated rings. The molecule has 203 valence electrons. The fraction of sp³-hybridized carbons (Fsp3) is 1.00. The number of methoxy groups -OCH3 is 2. The molecule has 0 saturated carbocycles. The quantitative estimate of drug-likeness (QED) is 0.340. The fourth-order valence-electron chi connectivity index (χ4n) is 4.30. The van der Waals surface area contributed by atoms with E-state index in [1.54, 1.807) is 7.11 Å². The summed E-state index contributed by atoms with van der Waals surface area (Å²) >= 11 is 0. The van der Waals surface area contributed by atoms with E-state index in [0.717, 1.165) is 12.8 Å². The first-order valence-electron chi connectivity index (χ1n) is 11.7. The zero-order valence-electron chi connectivity index (χ0n) is 21.5. The van der Waals surface area contributed by atoms with Gasteiger partial charge in [-0.25, -0.2) is 0 Å². The summed E-state index contributed by atoms with van der Waals surface area (Å²) < 4.78 is 25.8. The Hall–Kier alpha value is 1.08. The Balaban J connectivity index is 0. The number of ether oxygens (including phenoxy) is 5. The predicted molar refractivity (Wildman–Crippen MR) is 125 cm³/mol. The van der Waals surface area contributed by atoms with Gasteiger partial charge in [-0.05, 0) is 24.7 Å². The Morgan fingerprint density at radius 2 is 1.09 bits per heavy atom. The van der Waals surface area contributed by atoms with E-state index >= 15 is 0 Å². The third-order valence-electron chi connectivity index (χ3n) is 7.10. The summed E-state index contributed by atoms with van der Waals surface area (Å²) in [6.07, 6.45) is -1.46. The number of rotatable bonds is 5. The third-order valence-corrected chi connectivity index (χ3v) is 7.10. The molecule has 3 aliphatic rings. The third kappa shape index (κ3) is 9.75. The normalized spacial score (nSPS) is 43.1. The Bertz CT molecular complexity index is 449. The number of hydrogen-bond acceptors (Lipinski definition) is 9. The molecule has 8 unspecified atom stereocenters. The molecule has 3 heterocycles. The molecule has 4 N–H and O–H groups in total. The summed E-state index contributed by atoms with van der Waals surface area (Å²) in [5.74, 6) is 1.96. The van der Waals surface area contributed by atoms with E-state index in [2.05, 4.69) is 39.4 Å². The maximum absolute atomic E-state index is 9.25. The van der Waals surface area contributed by atoms with Crippen molar-refractivity contribution in [3.63, 3.8) is 0 Å². The molecule has 0 amide bonds. The average molecular weight is 710 g/mol. The van der Waals surface area contributed by atoms with Gasteiger partial charge in [0.05, 0.1) is 18.8 Å². The van der Waals surface area contributed by atoms with Crippen molar-refractivity contribution in [2.75, 3.05) is 20.8 Å². The summed E-state index contributed by atoms with van der Waals surface area (Å²) in [5, 5.41) is 36.2. The van der Waals surface area contributed by atoms with Crippen molar-refractivity contribution in [1.29, 1.82) is 0 Å². The van der Waals surface area contributed by atoms with Gasteiger partial charge in [-0.2, -0.15) is 0 Å². The Morgan fingerprint density at radius 3 is 1.32 bits per heavy atom. The van der Waals surface area contributed by atoms with E-state index < -0.39 is 30.9 Å². The van der Waals surface area contributed by atoms with Crippen LogP contribution in [0.2, 0.25) is 0 Å². The van der Waals surface area contributed by atoms with E-state index in [9.17, 15) is 5.11 Å². The predicted octanol–water partition coefficient (Wildman–Crippen LogP) is 2.13. The largest absolute Gasteiger partial charge is 0.394 e. The molecule has 34 heavy (non-hydrogen) atoms. The standard InChI is InChI=1S/C9H18O2.C8H16O2.C6H12O5.CH4.Ac/c1-5-8-6(2)7(3)9(10-4)11-8;1-4-7-5(2)6(3)8(9)10-7;1-10-6-5(9)4(8)3(2-7)11-6;;/h6-9H,5H2,1-4H3;5-9H,4H2,1-3H3;3-9H,2H2,1H3;1H4;/t6?,7?,8-,9?;5?,6?,7-,8-;3-,4?,5?,6?;;/m000../s1. The number of hydrogen-bond donors (Lipinski definition) is 4. The van der Waals surface area contributed by atoms with Crippen LogP contribution in [0.5, 0.6) is 0 Å². The number of aliphatic hydroxyl groups is 4. The molecule has 12 atom stereocenters. The van der Waals surface area contributed by atoms with Gasteiger partial charge >= 0.3 is 0 Å². The molecule has 0 aromatic rings. The molecule has 0 aromatic carbocycles. The van der Waals surface area contributed by atoms with Crippen molar-refractivity contribution in [2.45, 2.75) is 111 Å². The first-order valence-corrected chi connectivity index (χ1v) is 11.7. The van der Waals surface area contributed by atoms with E-state index in [-0.39, 0.29) is 70.5 Å². The van der Waals surface area contributed by atoms with Gasteiger partial charge in [0.2, 0.25) is 0 Å². The second kappa shape index (κ2) is 18.4. The first kappa shape index (κ1) is 37.2. The van der Waals surface area contributed by atoms with Gasteiger partial charge in [0.1, 0.15) is 18.3 Å². The Morgan fingerprint density at radius 1 is 0.647 bits per heavy atom. The molecule has 10 heteroatoms. The van der Waals surface area contributed by atoms with Crippen LogP contribution in [0.25, 0.3) is 0 Å². The van der Waals surface area contributed by atoms with Crippen molar-refractivity contribution in [2.24, 2.45) is 23.7 Å². The van der Waals surface area contributed by atoms with Crippen LogP contribution >= 0.6 is 0 Å². The first-order chi connectivity index (χ1) is 15.1. The van der Waals surface area contributed by atoms with Crippen LogP contribution in [-0.4, -0.2) is 90.6 Å². The second-order valence-electron chi connectivity index (χ2n) is 9.04. The van der Waals surface area contributed by atoms with Crippen molar-refractivity contribution in [3.05, 3.63) is 0 Å². The van der Waals surface area contributed by atoms with Crippen LogP contribution in [0.15, 0.2) is 0 Å². The second-order valence-corrected chi connectivity index (χ2v) is 9.04. The van der Waals surface area contributed by atoms with Crippen LogP contribution < -0.4 is 0 Å². The minimum absolute atomic E-state index is 0. The van der Waals surface area contributed by atoms with Gasteiger partial charge in [0, 0.05) is 70.1 Å². The van der Waals surface area contributed by atoms with Crippen LogP contribution in [-0.2, 0) is 23.7 Å². The molecule has 0 bridgehead atoms. The zero-order chi connectivity index (χ0) is 24.6. The molecule has 1 radical (unpaired) electrons. The zero-order valence-corrected chi connectivity index (χ0v) is 26.2. The summed E-state index contributed by atoms with van der Waals surface area (Å²) in [6, 6.07) is 0.